The fraction of sp³-hybridized carbons (Fsp3) is 0.233. The van der Waals surface area contributed by atoms with Crippen LogP contribution in [-0.2, 0) is 34.5 Å². The fourth-order valence-electron chi connectivity index (χ4n) is 14.7. The van der Waals surface area contributed by atoms with Crippen LogP contribution >= 0.6 is 0 Å². The summed E-state index contributed by atoms with van der Waals surface area (Å²) in [6, 6.07) is 83.5. The van der Waals surface area contributed by atoms with Gasteiger partial charge in [0.1, 0.15) is 23.0 Å². The lowest BCUT2D eigenvalue weighted by molar-refractivity contribution is 0.477. The van der Waals surface area contributed by atoms with Gasteiger partial charge in [0.05, 0.1) is 11.4 Å². The summed E-state index contributed by atoms with van der Waals surface area (Å²) in [6.07, 6.45) is 1.79. The van der Waals surface area contributed by atoms with Crippen molar-refractivity contribution in [3.8, 4) is 67.5 Å². The number of fused-ring (bicyclic) bond motifs is 10. The molecule has 4 heterocycles. The zero-order chi connectivity index (χ0) is 63.9. The number of aryl methyl sites for hydroxylation is 2. The second-order valence-electron chi connectivity index (χ2n) is 30.3. The van der Waals surface area contributed by atoms with Crippen LogP contribution in [0.3, 0.4) is 0 Å². The lowest BCUT2D eigenvalue weighted by Gasteiger charge is -2.47. The molecule has 4 aliphatic heterocycles. The molecule has 6 heteroatoms. The SMILES string of the molecule is CCc1ccc2c(c1)B1c3cc(-c4ccc(C(C)(C)C)cc4)ccc3N(c3ccc(-c4ccc(C(C)(C)C)cc4)cc3)c3c4c5c(c(c31)O2)N(c1ccc(-c2ccc(C(C)(C)C)cc2)cc1)c1ccc(-c2ccc(C(C)(C)C)cc2)cc1B5c1cc(CC)ccc1O4. The third-order valence-corrected chi connectivity index (χ3v) is 20.2. The zero-order valence-corrected chi connectivity index (χ0v) is 56.1. The van der Waals surface area contributed by atoms with E-state index in [0.717, 1.165) is 103 Å². The van der Waals surface area contributed by atoms with Crippen molar-refractivity contribution in [2.24, 2.45) is 0 Å². The Kier molecular flexibility index (Phi) is 13.9. The van der Waals surface area contributed by atoms with Crippen molar-refractivity contribution in [2.75, 3.05) is 9.80 Å². The molecule has 0 saturated carbocycles. The highest BCUT2D eigenvalue weighted by atomic mass is 16.5. The Morgan fingerprint density at radius 3 is 0.848 bits per heavy atom. The third-order valence-electron chi connectivity index (χ3n) is 20.2. The third kappa shape index (κ3) is 9.99. The highest BCUT2D eigenvalue weighted by Gasteiger charge is 2.52. The predicted molar refractivity (Wildman–Crippen MR) is 393 cm³/mol. The van der Waals surface area contributed by atoms with E-state index in [1.54, 1.807) is 0 Å². The second-order valence-corrected chi connectivity index (χ2v) is 30.3. The van der Waals surface area contributed by atoms with Gasteiger partial charge in [0.15, 0.2) is 0 Å². The second kappa shape index (κ2) is 21.7. The summed E-state index contributed by atoms with van der Waals surface area (Å²) < 4.78 is 15.8. The Morgan fingerprint density at radius 2 is 0.565 bits per heavy atom. The Hall–Kier alpha value is -9.25. The molecule has 4 aliphatic rings. The van der Waals surface area contributed by atoms with E-state index in [0.29, 0.717) is 0 Å². The predicted octanol–water partition coefficient (Wildman–Crippen LogP) is 19.5. The molecule has 0 unspecified atom stereocenters. The molecular weight excluding hydrogens is 1110 g/mol. The minimum absolute atomic E-state index is 0.0258. The normalized spacial score (nSPS) is 13.7. The molecule has 92 heavy (non-hydrogen) atoms. The van der Waals surface area contributed by atoms with Gasteiger partial charge in [0.2, 0.25) is 0 Å². The van der Waals surface area contributed by atoms with Crippen LogP contribution in [0, 0.1) is 0 Å². The molecule has 0 N–H and O–H groups in total. The largest absolute Gasteiger partial charge is 0.456 e. The van der Waals surface area contributed by atoms with Gasteiger partial charge in [-0.2, -0.15) is 0 Å². The van der Waals surface area contributed by atoms with E-state index in [1.807, 2.05) is 0 Å². The Balaban J connectivity index is 1.03. The van der Waals surface area contributed by atoms with Crippen LogP contribution in [0.4, 0.5) is 34.1 Å². The first-order chi connectivity index (χ1) is 44.0. The highest BCUT2D eigenvalue weighted by molar-refractivity contribution is 7.02. The standard InChI is InChI=1S/C86H82B2N2O2/c1-15-53-17-47-75-71(49-53)87-69-51-61(59-23-37-65(38-24-59)85(9,10)11)31-45-73(69)89(67-41-27-57(28-42-67)55-19-33-63(34-20-55)83(3,4)5)79-77(87)81(91-75)80-78-82(79)92-76-48-18-54(16-2)50-72(76)88(78)70-52-62(60-25-39-66(40-26-60)86(12,13)14)32-46-74(70)90(80)68-43-29-58(30-44-68)56-21-35-64(36-22-56)84(6,7)8/h17-52H,15-16H2,1-14H3. The Morgan fingerprint density at radius 1 is 0.293 bits per heavy atom. The molecule has 0 bridgehead atoms. The lowest BCUT2D eigenvalue weighted by Crippen LogP contribution is -2.64. The van der Waals surface area contributed by atoms with Crippen molar-refractivity contribution >= 4 is 80.3 Å². The maximum absolute atomic E-state index is 7.90. The summed E-state index contributed by atoms with van der Waals surface area (Å²) >= 11 is 0. The molecule has 0 spiro atoms. The number of hydrogen-bond acceptors (Lipinski definition) is 4. The number of rotatable bonds is 8. The molecule has 4 nitrogen and oxygen atoms in total. The Labute approximate surface area is 547 Å². The van der Waals surface area contributed by atoms with Crippen LogP contribution in [0.1, 0.15) is 130 Å². The van der Waals surface area contributed by atoms with Gasteiger partial charge in [-0.25, -0.2) is 0 Å². The molecule has 0 saturated heterocycles. The summed E-state index contributed by atoms with van der Waals surface area (Å²) in [5.41, 5.74) is 30.7. The topological polar surface area (TPSA) is 24.9 Å². The van der Waals surface area contributed by atoms with E-state index in [-0.39, 0.29) is 35.1 Å². The summed E-state index contributed by atoms with van der Waals surface area (Å²) in [7, 11) is 0. The van der Waals surface area contributed by atoms with Crippen molar-refractivity contribution < 1.29 is 9.47 Å². The summed E-state index contributed by atoms with van der Waals surface area (Å²) in [5, 5.41) is 0. The summed E-state index contributed by atoms with van der Waals surface area (Å²) in [5.74, 6) is 3.45. The monoisotopic (exact) mass is 1200 g/mol. The number of benzene rings is 11. The van der Waals surface area contributed by atoms with E-state index in [1.165, 1.54) is 77.7 Å². The summed E-state index contributed by atoms with van der Waals surface area (Å²) in [6.45, 7) is 31.5. The molecule has 0 aliphatic carbocycles. The maximum atomic E-state index is 7.90. The van der Waals surface area contributed by atoms with Crippen molar-refractivity contribution in [2.45, 2.75) is 131 Å². The van der Waals surface area contributed by atoms with Gasteiger partial charge in [-0.3, -0.25) is 0 Å². The average Bonchev–Trinajstić information content (AvgIpc) is 0.673. The highest BCUT2D eigenvalue weighted by Crippen LogP contribution is 2.55. The minimum atomic E-state index is -0.233. The quantitative estimate of drug-likeness (QED) is 0.142. The van der Waals surface area contributed by atoms with Gasteiger partial charge >= 0.3 is 0 Å². The first-order valence-electron chi connectivity index (χ1n) is 33.4. The lowest BCUT2D eigenvalue weighted by atomic mass is 9.31. The molecule has 454 valence electrons. The first-order valence-corrected chi connectivity index (χ1v) is 33.4. The van der Waals surface area contributed by atoms with E-state index in [9.17, 15) is 0 Å². The van der Waals surface area contributed by atoms with Crippen molar-refractivity contribution in [3.63, 3.8) is 0 Å². The smallest absolute Gasteiger partial charge is 0.256 e. The van der Waals surface area contributed by atoms with Crippen LogP contribution in [-0.4, -0.2) is 13.4 Å². The Bertz CT molecular complexity index is 4410. The van der Waals surface area contributed by atoms with Crippen molar-refractivity contribution in [3.05, 3.63) is 252 Å². The molecule has 0 fully saturated rings. The van der Waals surface area contributed by atoms with Crippen LogP contribution in [0.5, 0.6) is 23.0 Å². The average molecular weight is 1200 g/mol. The molecule has 15 rings (SSSR count). The minimum Gasteiger partial charge on any atom is -0.456 e. The maximum Gasteiger partial charge on any atom is 0.256 e. The molecule has 11 aromatic rings. The van der Waals surface area contributed by atoms with Gasteiger partial charge < -0.3 is 19.3 Å². The van der Waals surface area contributed by atoms with Crippen LogP contribution < -0.4 is 52.1 Å². The van der Waals surface area contributed by atoms with Crippen LogP contribution in [0.25, 0.3) is 44.5 Å². The number of ether oxygens (including phenoxy) is 2. The first kappa shape index (κ1) is 59.1. The summed E-state index contributed by atoms with van der Waals surface area (Å²) in [4.78, 5) is 5.04. The van der Waals surface area contributed by atoms with Gasteiger partial charge in [0.25, 0.3) is 13.4 Å². The molecule has 11 aromatic carbocycles. The molecule has 0 atom stereocenters. The molecular formula is C86H82B2N2O2. The number of anilines is 6. The van der Waals surface area contributed by atoms with E-state index in [4.69, 9.17) is 9.47 Å². The number of hydrogen-bond donors (Lipinski definition) is 0. The number of nitrogens with zero attached hydrogens (tertiary/aromatic N) is 2. The van der Waals surface area contributed by atoms with Crippen LogP contribution in [0.15, 0.2) is 218 Å². The molecule has 0 aromatic heterocycles. The zero-order valence-electron chi connectivity index (χ0n) is 56.1. The van der Waals surface area contributed by atoms with Gasteiger partial charge in [-0.15, -0.1) is 0 Å². The van der Waals surface area contributed by atoms with Gasteiger partial charge in [-0.05, 0) is 183 Å². The van der Waals surface area contributed by atoms with Crippen molar-refractivity contribution in [1.82, 2.24) is 0 Å². The van der Waals surface area contributed by atoms with E-state index in [2.05, 4.69) is 325 Å². The van der Waals surface area contributed by atoms with E-state index >= 15 is 0 Å². The van der Waals surface area contributed by atoms with Crippen LogP contribution in [0.2, 0.25) is 0 Å². The molecule has 0 amide bonds. The fourth-order valence-corrected chi connectivity index (χ4v) is 14.7. The van der Waals surface area contributed by atoms with Crippen molar-refractivity contribution in [1.29, 1.82) is 0 Å². The van der Waals surface area contributed by atoms with Gasteiger partial charge in [-0.1, -0.05) is 267 Å². The van der Waals surface area contributed by atoms with E-state index < -0.39 is 0 Å². The van der Waals surface area contributed by atoms with Gasteiger partial charge in [0, 0.05) is 33.7 Å². The molecule has 0 radical (unpaired) electrons.